The largest absolute Gasteiger partial charge is 0.456 e. The monoisotopic (exact) mass is 430 g/mol. The Morgan fingerprint density at radius 3 is 2.31 bits per heavy atom. The van der Waals surface area contributed by atoms with Crippen LogP contribution in [0.3, 0.4) is 0 Å². The van der Waals surface area contributed by atoms with Gasteiger partial charge in [0.25, 0.3) is 5.91 Å². The van der Waals surface area contributed by atoms with Crippen molar-refractivity contribution in [1.82, 2.24) is 5.32 Å². The van der Waals surface area contributed by atoms with Crippen LogP contribution in [0.1, 0.15) is 84.7 Å². The minimum absolute atomic E-state index is 0.167. The highest BCUT2D eigenvalue weighted by molar-refractivity contribution is 5.91. The van der Waals surface area contributed by atoms with Crippen molar-refractivity contribution in [3.8, 4) is 0 Å². The molecule has 1 aliphatic carbocycles. The van der Waals surface area contributed by atoms with Crippen LogP contribution in [0.15, 0.2) is 52.9 Å². The number of nitrogen functional groups attached to an aromatic ring is 1. The van der Waals surface area contributed by atoms with Crippen molar-refractivity contribution < 1.29 is 9.21 Å². The zero-order chi connectivity index (χ0) is 23.1. The van der Waals surface area contributed by atoms with Gasteiger partial charge in [-0.3, -0.25) is 4.79 Å². The van der Waals surface area contributed by atoms with Gasteiger partial charge in [0, 0.05) is 18.7 Å². The van der Waals surface area contributed by atoms with Crippen molar-refractivity contribution >= 4 is 11.6 Å². The van der Waals surface area contributed by atoms with Crippen LogP contribution < -0.4 is 11.1 Å². The predicted molar refractivity (Wildman–Crippen MR) is 130 cm³/mol. The zero-order valence-corrected chi connectivity index (χ0v) is 19.8. The number of fused-ring (bicyclic) bond motifs is 1. The number of hydrogen-bond acceptors (Lipinski definition) is 3. The van der Waals surface area contributed by atoms with Crippen LogP contribution in [-0.2, 0) is 23.8 Å². The SMILES string of the molecule is Cc1cc2c(cc1Cc1ccc(C(=O)NCc3ccccc3N)o1)C(C)(C)CCC2(C)C. The molecule has 1 aromatic heterocycles. The van der Waals surface area contributed by atoms with E-state index in [0.717, 1.165) is 11.3 Å². The van der Waals surface area contributed by atoms with E-state index >= 15 is 0 Å². The molecule has 0 fully saturated rings. The molecule has 0 aliphatic heterocycles. The number of furan rings is 1. The van der Waals surface area contributed by atoms with Crippen LogP contribution in [0.4, 0.5) is 5.69 Å². The molecular formula is C28H34N2O2. The molecule has 1 heterocycles. The number of carbonyl (C=O) groups excluding carboxylic acids is 1. The van der Waals surface area contributed by atoms with E-state index in [9.17, 15) is 4.79 Å². The highest BCUT2D eigenvalue weighted by Crippen LogP contribution is 2.46. The van der Waals surface area contributed by atoms with Gasteiger partial charge in [-0.2, -0.15) is 0 Å². The maximum Gasteiger partial charge on any atom is 0.287 e. The molecule has 168 valence electrons. The first-order chi connectivity index (χ1) is 15.1. The minimum Gasteiger partial charge on any atom is -0.456 e. The summed E-state index contributed by atoms with van der Waals surface area (Å²) in [7, 11) is 0. The molecule has 4 rings (SSSR count). The summed E-state index contributed by atoms with van der Waals surface area (Å²) in [6.45, 7) is 11.9. The van der Waals surface area contributed by atoms with Gasteiger partial charge in [0.1, 0.15) is 5.76 Å². The lowest BCUT2D eigenvalue weighted by atomic mass is 9.62. The molecule has 3 aromatic rings. The maximum atomic E-state index is 12.6. The number of benzene rings is 2. The summed E-state index contributed by atoms with van der Waals surface area (Å²) >= 11 is 0. The van der Waals surface area contributed by atoms with Crippen LogP contribution in [0.25, 0.3) is 0 Å². The summed E-state index contributed by atoms with van der Waals surface area (Å²) in [6, 6.07) is 15.9. The van der Waals surface area contributed by atoms with Crippen molar-refractivity contribution in [2.75, 3.05) is 5.73 Å². The van der Waals surface area contributed by atoms with Gasteiger partial charge in [-0.25, -0.2) is 0 Å². The molecule has 0 radical (unpaired) electrons. The number of nitrogens with two attached hydrogens (primary N) is 1. The molecule has 0 saturated carbocycles. The first kappa shape index (κ1) is 22.2. The van der Waals surface area contributed by atoms with E-state index in [2.05, 4.69) is 52.1 Å². The first-order valence-electron chi connectivity index (χ1n) is 11.4. The molecule has 0 atom stereocenters. The third-order valence-electron chi connectivity index (χ3n) is 7.05. The van der Waals surface area contributed by atoms with Gasteiger partial charge < -0.3 is 15.5 Å². The Morgan fingerprint density at radius 1 is 0.969 bits per heavy atom. The smallest absolute Gasteiger partial charge is 0.287 e. The first-order valence-corrected chi connectivity index (χ1v) is 11.4. The van der Waals surface area contributed by atoms with E-state index in [1.807, 2.05) is 30.3 Å². The molecule has 4 heteroatoms. The second kappa shape index (κ2) is 8.16. The maximum absolute atomic E-state index is 12.6. The van der Waals surface area contributed by atoms with Gasteiger partial charge in [-0.15, -0.1) is 0 Å². The van der Waals surface area contributed by atoms with Gasteiger partial charge in [0.05, 0.1) is 0 Å². The number of carbonyl (C=O) groups is 1. The van der Waals surface area contributed by atoms with Crippen molar-refractivity contribution in [2.45, 2.75) is 71.3 Å². The fourth-order valence-electron chi connectivity index (χ4n) is 4.70. The Hall–Kier alpha value is -3.01. The van der Waals surface area contributed by atoms with E-state index in [0.29, 0.717) is 24.4 Å². The summed E-state index contributed by atoms with van der Waals surface area (Å²) in [6.07, 6.45) is 3.07. The summed E-state index contributed by atoms with van der Waals surface area (Å²) < 4.78 is 5.92. The van der Waals surface area contributed by atoms with E-state index in [-0.39, 0.29) is 16.7 Å². The van der Waals surface area contributed by atoms with Crippen molar-refractivity contribution in [3.05, 3.63) is 87.9 Å². The summed E-state index contributed by atoms with van der Waals surface area (Å²) in [5, 5.41) is 2.89. The van der Waals surface area contributed by atoms with E-state index in [4.69, 9.17) is 10.2 Å². The molecule has 3 N–H and O–H groups in total. The summed E-state index contributed by atoms with van der Waals surface area (Å²) in [5.41, 5.74) is 13.3. The number of para-hydroxylation sites is 1. The fraction of sp³-hybridized carbons (Fsp3) is 0.393. The lowest BCUT2D eigenvalue weighted by molar-refractivity contribution is 0.0921. The number of hydrogen-bond donors (Lipinski definition) is 2. The fourth-order valence-corrected chi connectivity index (χ4v) is 4.70. The normalized spacial score (nSPS) is 16.4. The van der Waals surface area contributed by atoms with Crippen LogP contribution in [0, 0.1) is 6.92 Å². The number of rotatable bonds is 5. The topological polar surface area (TPSA) is 68.3 Å². The quantitative estimate of drug-likeness (QED) is 0.485. The molecule has 2 aromatic carbocycles. The Bertz CT molecular complexity index is 1150. The molecule has 0 bridgehead atoms. The average Bonchev–Trinajstić information content (AvgIpc) is 3.20. The Morgan fingerprint density at radius 2 is 1.62 bits per heavy atom. The average molecular weight is 431 g/mol. The molecule has 4 nitrogen and oxygen atoms in total. The predicted octanol–water partition coefficient (Wildman–Crippen LogP) is 6.04. The van der Waals surface area contributed by atoms with E-state index < -0.39 is 0 Å². The molecule has 0 spiro atoms. The molecular weight excluding hydrogens is 396 g/mol. The second-order valence-corrected chi connectivity index (χ2v) is 10.4. The van der Waals surface area contributed by atoms with Gasteiger partial charge in [0.2, 0.25) is 0 Å². The Balaban J connectivity index is 1.51. The number of anilines is 1. The van der Waals surface area contributed by atoms with Crippen LogP contribution in [0.5, 0.6) is 0 Å². The Labute approximate surface area is 191 Å². The third kappa shape index (κ3) is 4.32. The summed E-state index contributed by atoms with van der Waals surface area (Å²) in [4.78, 5) is 12.6. The molecule has 1 amide bonds. The molecule has 1 aliphatic rings. The van der Waals surface area contributed by atoms with Crippen molar-refractivity contribution in [1.29, 1.82) is 0 Å². The standard InChI is InChI=1S/C28H34N2O2/c1-18-14-22-23(28(4,5)13-12-27(22,2)3)16-20(18)15-21-10-11-25(32-21)26(31)30-17-19-8-6-7-9-24(19)29/h6-11,14,16H,12-13,15,17,29H2,1-5H3,(H,30,31). The minimum atomic E-state index is -0.232. The third-order valence-corrected chi connectivity index (χ3v) is 7.05. The van der Waals surface area contributed by atoms with Gasteiger partial charge in [0.15, 0.2) is 5.76 Å². The molecule has 0 saturated heterocycles. The highest BCUT2D eigenvalue weighted by Gasteiger charge is 2.37. The number of nitrogens with one attached hydrogen (secondary N) is 1. The number of amides is 1. The van der Waals surface area contributed by atoms with Crippen molar-refractivity contribution in [3.63, 3.8) is 0 Å². The van der Waals surface area contributed by atoms with Gasteiger partial charge in [-0.05, 0) is 76.6 Å². The molecule has 0 unspecified atom stereocenters. The van der Waals surface area contributed by atoms with E-state index in [1.165, 1.54) is 35.1 Å². The summed E-state index contributed by atoms with van der Waals surface area (Å²) in [5.74, 6) is 0.890. The van der Waals surface area contributed by atoms with Gasteiger partial charge >= 0.3 is 0 Å². The van der Waals surface area contributed by atoms with Crippen LogP contribution in [0.2, 0.25) is 0 Å². The van der Waals surface area contributed by atoms with Crippen LogP contribution >= 0.6 is 0 Å². The molecule has 32 heavy (non-hydrogen) atoms. The lowest BCUT2D eigenvalue weighted by Crippen LogP contribution is -2.34. The van der Waals surface area contributed by atoms with E-state index in [1.54, 1.807) is 6.07 Å². The van der Waals surface area contributed by atoms with Gasteiger partial charge in [-0.1, -0.05) is 58.0 Å². The zero-order valence-electron chi connectivity index (χ0n) is 19.8. The highest BCUT2D eigenvalue weighted by atomic mass is 16.3. The Kier molecular flexibility index (Phi) is 5.66. The van der Waals surface area contributed by atoms with Crippen molar-refractivity contribution in [2.24, 2.45) is 0 Å². The second-order valence-electron chi connectivity index (χ2n) is 10.4. The van der Waals surface area contributed by atoms with Crippen LogP contribution in [-0.4, -0.2) is 5.91 Å². The number of aryl methyl sites for hydroxylation is 1. The lowest BCUT2D eigenvalue weighted by Gasteiger charge is -2.42.